The topological polar surface area (TPSA) is 76.1 Å². The van der Waals surface area contributed by atoms with Gasteiger partial charge in [0, 0.05) is 29.9 Å². The molecule has 0 unspecified atom stereocenters. The maximum Gasteiger partial charge on any atom is 0.211 e. The van der Waals surface area contributed by atoms with Crippen molar-refractivity contribution in [2.45, 2.75) is 26.2 Å². The van der Waals surface area contributed by atoms with Crippen molar-refractivity contribution in [3.63, 3.8) is 0 Å². The Morgan fingerprint density at radius 2 is 2.00 bits per heavy atom. The van der Waals surface area contributed by atoms with Crippen molar-refractivity contribution in [1.82, 2.24) is 19.3 Å². The second-order valence-electron chi connectivity index (χ2n) is 5.98. The highest BCUT2D eigenvalue weighted by Gasteiger charge is 2.25. The lowest BCUT2D eigenvalue weighted by Gasteiger charge is -2.30. The van der Waals surface area contributed by atoms with Crippen molar-refractivity contribution in [2.75, 3.05) is 19.3 Å². The van der Waals surface area contributed by atoms with Gasteiger partial charge in [0.15, 0.2) is 0 Å². The average Bonchev–Trinajstić information content (AvgIpc) is 2.94. The van der Waals surface area contributed by atoms with Crippen LogP contribution >= 0.6 is 11.3 Å². The summed E-state index contributed by atoms with van der Waals surface area (Å²) in [5.74, 6) is 0.466. The Labute approximate surface area is 140 Å². The van der Waals surface area contributed by atoms with Gasteiger partial charge in [0.1, 0.15) is 17.0 Å². The highest BCUT2D eigenvalue weighted by atomic mass is 32.2. The summed E-state index contributed by atoms with van der Waals surface area (Å²) in [6.07, 6.45) is 7.33. The van der Waals surface area contributed by atoms with Gasteiger partial charge < -0.3 is 0 Å². The van der Waals surface area contributed by atoms with Gasteiger partial charge in [-0.25, -0.2) is 27.7 Å². The normalized spacial score (nSPS) is 17.5. The molecule has 0 aliphatic carbocycles. The predicted octanol–water partition coefficient (Wildman–Crippen LogP) is 2.12. The van der Waals surface area contributed by atoms with Gasteiger partial charge in [-0.3, -0.25) is 0 Å². The second-order valence-corrected chi connectivity index (χ2v) is 9.20. The van der Waals surface area contributed by atoms with Gasteiger partial charge in [-0.05, 0) is 38.2 Å². The first-order chi connectivity index (χ1) is 10.9. The smallest absolute Gasteiger partial charge is 0.211 e. The van der Waals surface area contributed by atoms with Gasteiger partial charge >= 0.3 is 0 Å². The van der Waals surface area contributed by atoms with Crippen LogP contribution in [0.1, 0.15) is 23.4 Å². The fourth-order valence-electron chi connectivity index (χ4n) is 2.84. The molecule has 3 rings (SSSR count). The molecule has 2 aromatic heterocycles. The number of aromatic nitrogens is 3. The predicted molar refractivity (Wildman–Crippen MR) is 90.7 cm³/mol. The van der Waals surface area contributed by atoms with E-state index in [1.807, 2.05) is 19.2 Å². The Balaban J connectivity index is 1.65. The quantitative estimate of drug-likeness (QED) is 0.842. The third-order valence-corrected chi connectivity index (χ3v) is 6.34. The summed E-state index contributed by atoms with van der Waals surface area (Å²) in [6, 6.07) is 2.00. The van der Waals surface area contributed by atoms with Crippen molar-refractivity contribution in [1.29, 1.82) is 0 Å². The average molecular weight is 352 g/mol. The molecule has 0 atom stereocenters. The molecule has 6 nitrogen and oxygen atoms in total. The molecule has 1 aliphatic heterocycles. The molecular formula is C15H20N4O2S2. The van der Waals surface area contributed by atoms with Gasteiger partial charge in [-0.2, -0.15) is 0 Å². The van der Waals surface area contributed by atoms with E-state index in [9.17, 15) is 8.42 Å². The van der Waals surface area contributed by atoms with Crippen LogP contribution in [0.3, 0.4) is 0 Å². The lowest BCUT2D eigenvalue weighted by Crippen LogP contribution is -2.38. The first-order valence-corrected chi connectivity index (χ1v) is 10.3. The highest BCUT2D eigenvalue weighted by Crippen LogP contribution is 2.26. The standard InChI is InChI=1S/C15H20N4O2S2/c1-11-9-16-15(22-11)14-8-13(17-10-18-14)7-12-3-5-19(6-4-12)23(2,20)21/h8-10,12H,3-7H2,1-2H3. The lowest BCUT2D eigenvalue weighted by molar-refractivity contribution is 0.273. The van der Waals surface area contributed by atoms with E-state index in [0.29, 0.717) is 19.0 Å². The van der Waals surface area contributed by atoms with Crippen LogP contribution in [0.4, 0.5) is 0 Å². The fraction of sp³-hybridized carbons (Fsp3) is 0.533. The molecular weight excluding hydrogens is 332 g/mol. The molecule has 0 saturated carbocycles. The number of rotatable bonds is 4. The summed E-state index contributed by atoms with van der Waals surface area (Å²) in [4.78, 5) is 14.2. The van der Waals surface area contributed by atoms with Gasteiger partial charge in [-0.15, -0.1) is 11.3 Å². The summed E-state index contributed by atoms with van der Waals surface area (Å²) in [5.41, 5.74) is 1.86. The molecule has 0 N–H and O–H groups in total. The zero-order valence-corrected chi connectivity index (χ0v) is 14.9. The maximum absolute atomic E-state index is 11.6. The molecule has 2 aromatic rings. The minimum atomic E-state index is -3.06. The Bertz CT molecular complexity index is 780. The third kappa shape index (κ3) is 4.13. The molecule has 1 fully saturated rings. The van der Waals surface area contributed by atoms with Crippen LogP contribution in [0.5, 0.6) is 0 Å². The highest BCUT2D eigenvalue weighted by molar-refractivity contribution is 7.88. The van der Waals surface area contributed by atoms with Gasteiger partial charge in [0.2, 0.25) is 10.0 Å². The third-order valence-electron chi connectivity index (χ3n) is 4.10. The number of sulfonamides is 1. The van der Waals surface area contributed by atoms with E-state index in [2.05, 4.69) is 15.0 Å². The van der Waals surface area contributed by atoms with E-state index in [-0.39, 0.29) is 0 Å². The van der Waals surface area contributed by atoms with Crippen LogP contribution in [0, 0.1) is 12.8 Å². The van der Waals surface area contributed by atoms with Gasteiger partial charge in [0.25, 0.3) is 0 Å². The second kappa shape index (κ2) is 6.62. The molecule has 8 heteroatoms. The summed E-state index contributed by atoms with van der Waals surface area (Å²) >= 11 is 1.62. The van der Waals surface area contributed by atoms with E-state index in [4.69, 9.17) is 0 Å². The minimum absolute atomic E-state index is 0.466. The summed E-state index contributed by atoms with van der Waals surface area (Å²) in [5, 5.41) is 0.915. The number of hydrogen-bond donors (Lipinski definition) is 0. The van der Waals surface area contributed by atoms with Gasteiger partial charge in [-0.1, -0.05) is 0 Å². The largest absolute Gasteiger partial charge is 0.243 e. The first-order valence-electron chi connectivity index (χ1n) is 7.60. The van der Waals surface area contributed by atoms with Crippen LogP contribution < -0.4 is 0 Å². The molecule has 23 heavy (non-hydrogen) atoms. The van der Waals surface area contributed by atoms with Crippen molar-refractivity contribution < 1.29 is 8.42 Å². The Morgan fingerprint density at radius 1 is 1.26 bits per heavy atom. The molecule has 0 aromatic carbocycles. The number of nitrogens with zero attached hydrogens (tertiary/aromatic N) is 4. The molecule has 0 amide bonds. The minimum Gasteiger partial charge on any atom is -0.243 e. The van der Waals surface area contributed by atoms with E-state index in [1.165, 1.54) is 6.26 Å². The van der Waals surface area contributed by atoms with Crippen LogP contribution in [0.15, 0.2) is 18.6 Å². The lowest BCUT2D eigenvalue weighted by atomic mass is 9.93. The monoisotopic (exact) mass is 352 g/mol. The van der Waals surface area contributed by atoms with Crippen LogP contribution in [0.2, 0.25) is 0 Å². The van der Waals surface area contributed by atoms with Crippen LogP contribution in [0.25, 0.3) is 10.7 Å². The molecule has 124 valence electrons. The zero-order chi connectivity index (χ0) is 16.4. The van der Waals surface area contributed by atoms with Crippen molar-refractivity contribution in [3.8, 4) is 10.7 Å². The summed E-state index contributed by atoms with van der Waals surface area (Å²) in [6.45, 7) is 3.24. The SMILES string of the molecule is Cc1cnc(-c2cc(CC3CCN(S(C)(=O)=O)CC3)ncn2)s1. The fourth-order valence-corrected chi connectivity index (χ4v) is 4.45. The molecule has 3 heterocycles. The zero-order valence-electron chi connectivity index (χ0n) is 13.3. The van der Waals surface area contributed by atoms with Crippen LogP contribution in [-0.2, 0) is 16.4 Å². The molecule has 0 bridgehead atoms. The van der Waals surface area contributed by atoms with E-state index >= 15 is 0 Å². The first kappa shape index (κ1) is 16.5. The molecule has 0 radical (unpaired) electrons. The number of thiazole rings is 1. The molecule has 1 aliphatic rings. The van der Waals surface area contributed by atoms with Crippen molar-refractivity contribution >= 4 is 21.4 Å². The Kier molecular flexibility index (Phi) is 4.74. The van der Waals surface area contributed by atoms with E-state index in [0.717, 1.165) is 40.5 Å². The van der Waals surface area contributed by atoms with E-state index < -0.39 is 10.0 Å². The van der Waals surface area contributed by atoms with Gasteiger partial charge in [0.05, 0.1) is 6.26 Å². The summed E-state index contributed by atoms with van der Waals surface area (Å²) in [7, 11) is -3.06. The number of aryl methyl sites for hydroxylation is 1. The number of piperidine rings is 1. The number of hydrogen-bond acceptors (Lipinski definition) is 6. The van der Waals surface area contributed by atoms with Crippen molar-refractivity contribution in [2.24, 2.45) is 5.92 Å². The van der Waals surface area contributed by atoms with E-state index in [1.54, 1.807) is 22.0 Å². The Morgan fingerprint density at radius 3 is 2.61 bits per heavy atom. The Hall–Kier alpha value is -1.38. The maximum atomic E-state index is 11.6. The molecule has 1 saturated heterocycles. The molecule has 0 spiro atoms. The van der Waals surface area contributed by atoms with Crippen LogP contribution in [-0.4, -0.2) is 47.0 Å². The van der Waals surface area contributed by atoms with Crippen molar-refractivity contribution in [3.05, 3.63) is 29.2 Å². The summed E-state index contributed by atoms with van der Waals surface area (Å²) < 4.78 is 24.7.